The molecule has 4 nitrogen and oxygen atoms in total. The van der Waals surface area contributed by atoms with E-state index >= 15 is 0 Å². The summed E-state index contributed by atoms with van der Waals surface area (Å²) >= 11 is 1.25. The zero-order chi connectivity index (χ0) is 15.4. The first kappa shape index (κ1) is 15.5. The van der Waals surface area contributed by atoms with Gasteiger partial charge in [-0.05, 0) is 37.8 Å². The third-order valence-electron chi connectivity index (χ3n) is 3.16. The van der Waals surface area contributed by atoms with Gasteiger partial charge in [0.25, 0.3) is 0 Å². The number of carbonyl (C=O) groups is 1. The van der Waals surface area contributed by atoms with Gasteiger partial charge in [-0.2, -0.15) is 0 Å². The summed E-state index contributed by atoms with van der Waals surface area (Å²) in [5.74, 6) is -0.131. The number of para-hydroxylation sites is 1. The van der Waals surface area contributed by atoms with E-state index in [0.29, 0.717) is 5.69 Å². The van der Waals surface area contributed by atoms with Crippen molar-refractivity contribution in [1.29, 1.82) is 0 Å². The Hall–Kier alpha value is -1.88. The van der Waals surface area contributed by atoms with Crippen molar-refractivity contribution in [2.45, 2.75) is 40.2 Å². The summed E-state index contributed by atoms with van der Waals surface area (Å²) in [6, 6.07) is 5.93. The van der Waals surface area contributed by atoms with Crippen LogP contribution in [0.2, 0.25) is 0 Å². The molecule has 1 heterocycles. The maximum absolute atomic E-state index is 11.3. The predicted molar refractivity (Wildman–Crippen MR) is 83.3 cm³/mol. The normalized spacial score (nSPS) is 10.6. The maximum atomic E-state index is 11.3. The minimum atomic E-state index is -0.935. The number of ether oxygens (including phenoxy) is 1. The second kappa shape index (κ2) is 6.72. The number of aryl methyl sites for hydroxylation is 3. The minimum Gasteiger partial charge on any atom is -0.487 e. The Morgan fingerprint density at radius 1 is 1.33 bits per heavy atom. The molecule has 5 heteroatoms. The first-order chi connectivity index (χ1) is 10.0. The number of nitrogens with zero attached hydrogens (tertiary/aromatic N) is 1. The molecule has 112 valence electrons. The molecule has 1 aromatic heterocycles. The molecule has 0 bridgehead atoms. The lowest BCUT2D eigenvalue weighted by Gasteiger charge is -2.11. The van der Waals surface area contributed by atoms with E-state index in [-0.39, 0.29) is 11.5 Å². The van der Waals surface area contributed by atoms with Gasteiger partial charge in [0.15, 0.2) is 0 Å². The summed E-state index contributed by atoms with van der Waals surface area (Å²) in [7, 11) is 0. The number of rotatable bonds is 6. The summed E-state index contributed by atoms with van der Waals surface area (Å²) in [5.41, 5.74) is 2.59. The van der Waals surface area contributed by atoms with Crippen LogP contribution in [0.15, 0.2) is 18.2 Å². The van der Waals surface area contributed by atoms with E-state index in [1.54, 1.807) is 0 Å². The standard InChI is InChI=1S/C16H19NO3S/c1-4-6-13-17-12(15(21-13)16(18)19)9-20-14-10(2)7-5-8-11(14)3/h5,7-8H,4,6,9H2,1-3H3,(H,18,19). The summed E-state index contributed by atoms with van der Waals surface area (Å²) < 4.78 is 5.82. The highest BCUT2D eigenvalue weighted by Crippen LogP contribution is 2.26. The van der Waals surface area contributed by atoms with Gasteiger partial charge >= 0.3 is 5.97 Å². The molecule has 0 fully saturated rings. The van der Waals surface area contributed by atoms with Crippen molar-refractivity contribution in [2.24, 2.45) is 0 Å². The van der Waals surface area contributed by atoms with E-state index in [4.69, 9.17) is 4.74 Å². The SMILES string of the molecule is CCCc1nc(COc2c(C)cccc2C)c(C(=O)O)s1. The second-order valence-electron chi connectivity index (χ2n) is 4.95. The fraction of sp³-hybridized carbons (Fsp3) is 0.375. The lowest BCUT2D eigenvalue weighted by molar-refractivity contribution is 0.0699. The van der Waals surface area contributed by atoms with Gasteiger partial charge in [-0.15, -0.1) is 11.3 Å². The topological polar surface area (TPSA) is 59.4 Å². The Labute approximate surface area is 128 Å². The molecule has 0 aliphatic rings. The highest BCUT2D eigenvalue weighted by Gasteiger charge is 2.18. The molecule has 1 N–H and O–H groups in total. The van der Waals surface area contributed by atoms with E-state index in [1.807, 2.05) is 32.0 Å². The van der Waals surface area contributed by atoms with Crippen LogP contribution in [-0.2, 0) is 13.0 Å². The van der Waals surface area contributed by atoms with Crippen LogP contribution >= 0.6 is 11.3 Å². The van der Waals surface area contributed by atoms with Gasteiger partial charge in [-0.1, -0.05) is 25.1 Å². The Morgan fingerprint density at radius 2 is 2.00 bits per heavy atom. The summed E-state index contributed by atoms with van der Waals surface area (Å²) in [5, 5.41) is 10.1. The van der Waals surface area contributed by atoms with Crippen LogP contribution in [-0.4, -0.2) is 16.1 Å². The molecule has 1 aromatic carbocycles. The average molecular weight is 305 g/mol. The zero-order valence-electron chi connectivity index (χ0n) is 12.5. The average Bonchev–Trinajstić information content (AvgIpc) is 2.82. The first-order valence-electron chi connectivity index (χ1n) is 6.93. The number of carboxylic acids is 1. The molecule has 2 aromatic rings. The number of hydrogen-bond acceptors (Lipinski definition) is 4. The molecular weight excluding hydrogens is 286 g/mol. The molecule has 0 saturated carbocycles. The lowest BCUT2D eigenvalue weighted by Crippen LogP contribution is -2.04. The molecule has 2 rings (SSSR count). The van der Waals surface area contributed by atoms with Crippen LogP contribution in [0.25, 0.3) is 0 Å². The highest BCUT2D eigenvalue weighted by atomic mass is 32.1. The zero-order valence-corrected chi connectivity index (χ0v) is 13.3. The van der Waals surface area contributed by atoms with E-state index in [0.717, 1.165) is 34.7 Å². The van der Waals surface area contributed by atoms with Gasteiger partial charge in [-0.3, -0.25) is 0 Å². The van der Waals surface area contributed by atoms with Crippen molar-refractivity contribution >= 4 is 17.3 Å². The predicted octanol–water partition coefficient (Wildman–Crippen LogP) is 3.99. The Kier molecular flexibility index (Phi) is 4.96. The molecule has 0 atom stereocenters. The molecule has 0 spiro atoms. The smallest absolute Gasteiger partial charge is 0.347 e. The van der Waals surface area contributed by atoms with Gasteiger partial charge in [0.05, 0.1) is 5.01 Å². The van der Waals surface area contributed by atoms with E-state index in [9.17, 15) is 9.90 Å². The molecule has 0 amide bonds. The number of carboxylic acid groups (broad SMARTS) is 1. The van der Waals surface area contributed by atoms with Crippen LogP contribution in [0.5, 0.6) is 5.75 Å². The fourth-order valence-corrected chi connectivity index (χ4v) is 3.16. The highest BCUT2D eigenvalue weighted by molar-refractivity contribution is 7.13. The molecule has 0 aliphatic carbocycles. The maximum Gasteiger partial charge on any atom is 0.347 e. The quantitative estimate of drug-likeness (QED) is 0.876. The van der Waals surface area contributed by atoms with Gasteiger partial charge in [0.1, 0.15) is 22.9 Å². The van der Waals surface area contributed by atoms with Gasteiger partial charge < -0.3 is 9.84 Å². The fourth-order valence-electron chi connectivity index (χ4n) is 2.15. The van der Waals surface area contributed by atoms with Crippen molar-refractivity contribution in [3.05, 3.63) is 44.9 Å². The van der Waals surface area contributed by atoms with E-state index < -0.39 is 5.97 Å². The number of hydrogen-bond donors (Lipinski definition) is 1. The Bertz CT molecular complexity index is 629. The number of benzene rings is 1. The molecule has 0 aliphatic heterocycles. The number of thiazole rings is 1. The van der Waals surface area contributed by atoms with E-state index in [1.165, 1.54) is 11.3 Å². The van der Waals surface area contributed by atoms with Crippen LogP contribution in [0.4, 0.5) is 0 Å². The first-order valence-corrected chi connectivity index (χ1v) is 7.75. The molecule has 21 heavy (non-hydrogen) atoms. The van der Waals surface area contributed by atoms with Gasteiger partial charge in [-0.25, -0.2) is 9.78 Å². The third-order valence-corrected chi connectivity index (χ3v) is 4.31. The number of aromatic nitrogens is 1. The summed E-state index contributed by atoms with van der Waals surface area (Å²) in [4.78, 5) is 16.0. The largest absolute Gasteiger partial charge is 0.487 e. The molecule has 0 radical (unpaired) electrons. The van der Waals surface area contributed by atoms with Crippen LogP contribution < -0.4 is 4.74 Å². The van der Waals surface area contributed by atoms with Gasteiger partial charge in [0.2, 0.25) is 0 Å². The van der Waals surface area contributed by atoms with Crippen LogP contribution in [0, 0.1) is 13.8 Å². The lowest BCUT2D eigenvalue weighted by atomic mass is 10.1. The van der Waals surface area contributed by atoms with Crippen molar-refractivity contribution in [2.75, 3.05) is 0 Å². The monoisotopic (exact) mass is 305 g/mol. The Balaban J connectivity index is 2.21. The molecular formula is C16H19NO3S. The van der Waals surface area contributed by atoms with Gasteiger partial charge in [0, 0.05) is 0 Å². The summed E-state index contributed by atoms with van der Waals surface area (Å²) in [6.45, 7) is 6.19. The second-order valence-corrected chi connectivity index (χ2v) is 6.03. The molecule has 0 saturated heterocycles. The van der Waals surface area contributed by atoms with Crippen molar-refractivity contribution in [1.82, 2.24) is 4.98 Å². The summed E-state index contributed by atoms with van der Waals surface area (Å²) in [6.07, 6.45) is 1.75. The minimum absolute atomic E-state index is 0.188. The Morgan fingerprint density at radius 3 is 2.57 bits per heavy atom. The molecule has 0 unspecified atom stereocenters. The van der Waals surface area contributed by atoms with Crippen molar-refractivity contribution in [3.63, 3.8) is 0 Å². The van der Waals surface area contributed by atoms with Crippen LogP contribution in [0.1, 0.15) is 44.8 Å². The third kappa shape index (κ3) is 3.61. The van der Waals surface area contributed by atoms with Crippen LogP contribution in [0.3, 0.4) is 0 Å². The van der Waals surface area contributed by atoms with E-state index in [2.05, 4.69) is 11.9 Å². The van der Waals surface area contributed by atoms with Crippen molar-refractivity contribution < 1.29 is 14.6 Å². The number of aromatic carboxylic acids is 1. The van der Waals surface area contributed by atoms with Crippen molar-refractivity contribution in [3.8, 4) is 5.75 Å².